The van der Waals surface area contributed by atoms with Gasteiger partial charge in [0.15, 0.2) is 0 Å². The molecule has 0 aliphatic heterocycles. The second kappa shape index (κ2) is 6.70. The SMILES string of the molecule is CC(C)(C)c1ccccc1B(O)O.OBO. The van der Waals surface area contributed by atoms with Gasteiger partial charge in [0.2, 0.25) is 0 Å². The highest BCUT2D eigenvalue weighted by molar-refractivity contribution is 6.59. The van der Waals surface area contributed by atoms with E-state index in [-0.39, 0.29) is 5.41 Å². The molecule has 6 heteroatoms. The van der Waals surface area contributed by atoms with Crippen molar-refractivity contribution in [1.82, 2.24) is 0 Å². The van der Waals surface area contributed by atoms with Gasteiger partial charge in [-0.3, -0.25) is 0 Å². The van der Waals surface area contributed by atoms with E-state index in [1.165, 1.54) is 0 Å². The quantitative estimate of drug-likeness (QED) is 0.456. The highest BCUT2D eigenvalue weighted by atomic mass is 16.4. The van der Waals surface area contributed by atoms with E-state index in [0.29, 0.717) is 5.46 Å². The molecule has 0 fully saturated rings. The normalized spacial score (nSPS) is 10.2. The largest absolute Gasteiger partial charge is 0.488 e. The number of benzene rings is 1. The van der Waals surface area contributed by atoms with Crippen molar-refractivity contribution in [3.05, 3.63) is 29.8 Å². The molecule has 1 aromatic carbocycles. The minimum absolute atomic E-state index is 0.0553. The first-order valence-electron chi connectivity index (χ1n) is 5.01. The molecule has 0 saturated heterocycles. The van der Waals surface area contributed by atoms with Crippen LogP contribution in [0.5, 0.6) is 0 Å². The van der Waals surface area contributed by atoms with Gasteiger partial charge in [-0.1, -0.05) is 45.0 Å². The van der Waals surface area contributed by atoms with Crippen molar-refractivity contribution in [1.29, 1.82) is 0 Å². The third-order valence-corrected chi connectivity index (χ3v) is 2.05. The lowest BCUT2D eigenvalue weighted by Crippen LogP contribution is -2.36. The Kier molecular flexibility index (Phi) is 6.36. The van der Waals surface area contributed by atoms with Crippen LogP contribution in [-0.4, -0.2) is 34.9 Å². The Labute approximate surface area is 97.0 Å². The van der Waals surface area contributed by atoms with E-state index in [4.69, 9.17) is 20.1 Å². The van der Waals surface area contributed by atoms with Crippen LogP contribution < -0.4 is 5.46 Å². The Morgan fingerprint density at radius 2 is 1.50 bits per heavy atom. The van der Waals surface area contributed by atoms with Gasteiger partial charge in [0, 0.05) is 0 Å². The van der Waals surface area contributed by atoms with Crippen LogP contribution in [0.1, 0.15) is 26.3 Å². The van der Waals surface area contributed by atoms with E-state index in [9.17, 15) is 0 Å². The van der Waals surface area contributed by atoms with Crippen molar-refractivity contribution in [2.75, 3.05) is 0 Å². The molecule has 0 aliphatic rings. The molecule has 0 heterocycles. The zero-order chi connectivity index (χ0) is 12.8. The molecule has 1 aromatic rings. The molecule has 0 aromatic heterocycles. The van der Waals surface area contributed by atoms with Gasteiger partial charge >= 0.3 is 14.8 Å². The fourth-order valence-electron chi connectivity index (χ4n) is 1.41. The molecule has 0 unspecified atom stereocenters. The molecule has 0 radical (unpaired) electrons. The van der Waals surface area contributed by atoms with Crippen LogP contribution in [0, 0.1) is 0 Å². The van der Waals surface area contributed by atoms with E-state index >= 15 is 0 Å². The van der Waals surface area contributed by atoms with Gasteiger partial charge in [-0.05, 0) is 16.4 Å². The summed E-state index contributed by atoms with van der Waals surface area (Å²) in [6.07, 6.45) is 0. The summed E-state index contributed by atoms with van der Waals surface area (Å²) in [5.74, 6) is 0. The third kappa shape index (κ3) is 4.81. The molecule has 1 rings (SSSR count). The Morgan fingerprint density at radius 1 is 1.06 bits per heavy atom. The van der Waals surface area contributed by atoms with Crippen molar-refractivity contribution >= 4 is 20.3 Å². The molecule has 0 bridgehead atoms. The highest BCUT2D eigenvalue weighted by Crippen LogP contribution is 2.19. The topological polar surface area (TPSA) is 80.9 Å². The summed E-state index contributed by atoms with van der Waals surface area (Å²) < 4.78 is 0. The monoisotopic (exact) mass is 224 g/mol. The van der Waals surface area contributed by atoms with Gasteiger partial charge in [0.1, 0.15) is 0 Å². The third-order valence-electron chi connectivity index (χ3n) is 2.05. The minimum atomic E-state index is -1.38. The summed E-state index contributed by atoms with van der Waals surface area (Å²) in [5, 5.41) is 32.5. The molecule has 88 valence electrons. The lowest BCUT2D eigenvalue weighted by molar-refractivity contribution is 0.424. The molecule has 0 saturated carbocycles. The summed E-state index contributed by atoms with van der Waals surface area (Å²) in [4.78, 5) is 0. The number of hydrogen-bond acceptors (Lipinski definition) is 4. The van der Waals surface area contributed by atoms with Gasteiger partial charge in [-0.2, -0.15) is 0 Å². The summed E-state index contributed by atoms with van der Waals surface area (Å²) in [6.45, 7) is 6.15. The summed E-state index contributed by atoms with van der Waals surface area (Å²) in [7, 11) is -2.13. The van der Waals surface area contributed by atoms with E-state index in [0.717, 1.165) is 5.56 Å². The Morgan fingerprint density at radius 3 is 1.81 bits per heavy atom. The van der Waals surface area contributed by atoms with Crippen LogP contribution in [0.3, 0.4) is 0 Å². The Bertz CT molecular complexity index is 310. The lowest BCUT2D eigenvalue weighted by atomic mass is 9.70. The molecule has 0 aliphatic carbocycles. The van der Waals surface area contributed by atoms with Crippen molar-refractivity contribution < 1.29 is 20.1 Å². The van der Waals surface area contributed by atoms with Gasteiger partial charge < -0.3 is 20.1 Å². The molecule has 4 nitrogen and oxygen atoms in total. The number of hydrogen-bond donors (Lipinski definition) is 4. The molecule has 0 amide bonds. The predicted octanol–water partition coefficient (Wildman–Crippen LogP) is -1.10. The maximum Gasteiger partial charge on any atom is 0.488 e. The Hall–Kier alpha value is -0.810. The average molecular weight is 224 g/mol. The van der Waals surface area contributed by atoms with Crippen molar-refractivity contribution in [2.45, 2.75) is 26.2 Å². The fourth-order valence-corrected chi connectivity index (χ4v) is 1.41. The van der Waals surface area contributed by atoms with Crippen molar-refractivity contribution in [3.8, 4) is 0 Å². The van der Waals surface area contributed by atoms with Crippen LogP contribution in [-0.2, 0) is 5.41 Å². The predicted molar refractivity (Wildman–Crippen MR) is 66.6 cm³/mol. The van der Waals surface area contributed by atoms with E-state index < -0.39 is 14.8 Å². The first-order chi connectivity index (χ1) is 7.34. The van der Waals surface area contributed by atoms with Crippen LogP contribution in [0.2, 0.25) is 0 Å². The Balaban J connectivity index is 0.000000673. The van der Waals surface area contributed by atoms with Crippen molar-refractivity contribution in [3.63, 3.8) is 0 Å². The molecular weight excluding hydrogens is 206 g/mol. The zero-order valence-electron chi connectivity index (χ0n) is 9.88. The van der Waals surface area contributed by atoms with E-state index in [1.807, 2.05) is 39.0 Å². The fraction of sp³-hybridized carbons (Fsp3) is 0.400. The first-order valence-corrected chi connectivity index (χ1v) is 5.01. The van der Waals surface area contributed by atoms with Gasteiger partial charge in [0.25, 0.3) is 0 Å². The molecule has 0 atom stereocenters. The van der Waals surface area contributed by atoms with E-state index in [1.54, 1.807) is 6.07 Å². The number of rotatable bonds is 1. The second-order valence-electron chi connectivity index (χ2n) is 4.35. The summed E-state index contributed by atoms with van der Waals surface area (Å²) in [5.41, 5.74) is 1.51. The van der Waals surface area contributed by atoms with Gasteiger partial charge in [-0.25, -0.2) is 0 Å². The van der Waals surface area contributed by atoms with E-state index in [2.05, 4.69) is 0 Å². The standard InChI is InChI=1S/C10H15BO2.BH3O2/c1-10(2,3)8-6-4-5-7-9(8)11(12)13;2-1-3/h4-7,12-13H,1-3H3;1-3H. The summed E-state index contributed by atoms with van der Waals surface area (Å²) >= 11 is 0. The van der Waals surface area contributed by atoms with Gasteiger partial charge in [-0.15, -0.1) is 0 Å². The molecular formula is C10H18B2O4. The van der Waals surface area contributed by atoms with Crippen LogP contribution >= 0.6 is 0 Å². The minimum Gasteiger partial charge on any atom is -0.430 e. The zero-order valence-corrected chi connectivity index (χ0v) is 9.88. The molecule has 0 spiro atoms. The van der Waals surface area contributed by atoms with Gasteiger partial charge in [0.05, 0.1) is 0 Å². The highest BCUT2D eigenvalue weighted by Gasteiger charge is 2.22. The van der Waals surface area contributed by atoms with Crippen LogP contribution in [0.4, 0.5) is 0 Å². The lowest BCUT2D eigenvalue weighted by Gasteiger charge is -2.22. The average Bonchev–Trinajstić information content (AvgIpc) is 2.17. The molecule has 4 N–H and O–H groups in total. The van der Waals surface area contributed by atoms with Crippen LogP contribution in [0.25, 0.3) is 0 Å². The van der Waals surface area contributed by atoms with Crippen LogP contribution in [0.15, 0.2) is 24.3 Å². The smallest absolute Gasteiger partial charge is 0.430 e. The first kappa shape index (κ1) is 15.2. The second-order valence-corrected chi connectivity index (χ2v) is 4.35. The van der Waals surface area contributed by atoms with Crippen molar-refractivity contribution in [2.24, 2.45) is 0 Å². The maximum absolute atomic E-state index is 9.12. The summed E-state index contributed by atoms with van der Waals surface area (Å²) in [6, 6.07) is 7.39. The maximum atomic E-state index is 9.12. The molecule has 16 heavy (non-hydrogen) atoms.